The minimum Gasteiger partial charge on any atom is -0.388 e. The van der Waals surface area contributed by atoms with Crippen LogP contribution in [-0.2, 0) is 0 Å². The number of hydrogen-bond donors (Lipinski definition) is 1. The monoisotopic (exact) mass is 296 g/mol. The van der Waals surface area contributed by atoms with Crippen LogP contribution in [-0.4, -0.2) is 10.9 Å². The summed E-state index contributed by atoms with van der Waals surface area (Å²) in [5.74, 6) is 1.79. The van der Waals surface area contributed by atoms with Crippen molar-refractivity contribution in [2.45, 2.75) is 58.5 Å². The molecule has 1 aromatic carbocycles. The molecule has 0 saturated heterocycles. The summed E-state index contributed by atoms with van der Waals surface area (Å²) < 4.78 is 0. The topological polar surface area (TPSA) is 37.3 Å². The van der Waals surface area contributed by atoms with Gasteiger partial charge in [0.1, 0.15) is 0 Å². The molecule has 0 unspecified atom stereocenters. The number of carbonyl (C=O) groups excluding carboxylic acids is 1. The Kier molecular flexibility index (Phi) is 2.12. The molecule has 0 spiro atoms. The van der Waals surface area contributed by atoms with Crippen LogP contribution < -0.4 is 0 Å². The maximum Gasteiger partial charge on any atom is 0.167 e. The molecule has 1 N–H and O–H groups in total. The molecule has 2 fully saturated rings. The van der Waals surface area contributed by atoms with Crippen molar-refractivity contribution in [2.75, 3.05) is 0 Å². The summed E-state index contributed by atoms with van der Waals surface area (Å²) in [6.45, 7) is 8.98. The third kappa shape index (κ3) is 1.16. The summed E-state index contributed by atoms with van der Waals surface area (Å²) in [6, 6.07) is 4.43. The average molecular weight is 296 g/mol. The Morgan fingerprint density at radius 2 is 1.59 bits per heavy atom. The summed E-state index contributed by atoms with van der Waals surface area (Å²) in [6.07, 6.45) is 1.63. The van der Waals surface area contributed by atoms with E-state index in [1.165, 1.54) is 11.1 Å². The highest BCUT2D eigenvalue weighted by Gasteiger charge is 2.61. The summed E-state index contributed by atoms with van der Waals surface area (Å²) in [4.78, 5) is 13.1. The molecule has 7 rings (SSSR count). The normalized spacial score (nSPS) is 41.9. The Bertz CT molecular complexity index is 727. The molecule has 6 aliphatic carbocycles. The molecule has 0 amide bonds. The van der Waals surface area contributed by atoms with E-state index in [2.05, 4.69) is 39.8 Å². The first-order chi connectivity index (χ1) is 10.3. The number of hydrogen-bond acceptors (Lipinski definition) is 2. The van der Waals surface area contributed by atoms with Crippen LogP contribution in [0.2, 0.25) is 0 Å². The number of rotatable bonds is 0. The molecule has 0 radical (unpaired) electrons. The van der Waals surface area contributed by atoms with Crippen LogP contribution in [0.5, 0.6) is 0 Å². The Labute approximate surface area is 131 Å². The highest BCUT2D eigenvalue weighted by atomic mass is 16.3. The molecule has 5 atom stereocenters. The highest BCUT2D eigenvalue weighted by molar-refractivity contribution is 6.05. The van der Waals surface area contributed by atoms with Crippen LogP contribution in [0.1, 0.15) is 85.5 Å². The summed E-state index contributed by atoms with van der Waals surface area (Å²) >= 11 is 0. The third-order valence-corrected chi connectivity index (χ3v) is 7.91. The minimum absolute atomic E-state index is 0.0974. The van der Waals surface area contributed by atoms with Crippen LogP contribution in [0, 0.1) is 22.7 Å². The number of ketones is 1. The summed E-state index contributed by atoms with van der Waals surface area (Å²) in [7, 11) is 0. The standard InChI is InChI=1S/C20H24O2/c1-19(2)11-7-13(19)17(21)15-9(11)5-6-10-12-8-14(20(12,3)4)18(22)16(10)15/h5-6,11-14,17,21H,7-8H2,1-4H3/t11-,12-,13+,14+,17-/m1/s1. The van der Waals surface area contributed by atoms with Crippen molar-refractivity contribution in [3.05, 3.63) is 34.4 Å². The predicted molar refractivity (Wildman–Crippen MR) is 85.0 cm³/mol. The maximum atomic E-state index is 13.1. The Balaban J connectivity index is 1.76. The first kappa shape index (κ1) is 13.3. The van der Waals surface area contributed by atoms with Gasteiger partial charge >= 0.3 is 0 Å². The molecule has 22 heavy (non-hydrogen) atoms. The van der Waals surface area contributed by atoms with Crippen LogP contribution in [0.15, 0.2) is 12.1 Å². The van der Waals surface area contributed by atoms with Crippen LogP contribution >= 0.6 is 0 Å². The average Bonchev–Trinajstić information content (AvgIpc) is 2.45. The fourth-order valence-corrected chi connectivity index (χ4v) is 6.14. The van der Waals surface area contributed by atoms with E-state index in [4.69, 9.17) is 0 Å². The van der Waals surface area contributed by atoms with Crippen molar-refractivity contribution in [3.8, 4) is 0 Å². The molecule has 116 valence electrons. The van der Waals surface area contributed by atoms with Gasteiger partial charge in [-0.05, 0) is 58.1 Å². The van der Waals surface area contributed by atoms with Crippen molar-refractivity contribution in [3.63, 3.8) is 0 Å². The van der Waals surface area contributed by atoms with Gasteiger partial charge in [-0.2, -0.15) is 0 Å². The Morgan fingerprint density at radius 3 is 2.23 bits per heavy atom. The predicted octanol–water partition coefficient (Wildman–Crippen LogP) is 4.19. The lowest BCUT2D eigenvalue weighted by atomic mass is 9.43. The molecule has 2 saturated carbocycles. The van der Waals surface area contributed by atoms with E-state index in [1.54, 1.807) is 0 Å². The lowest BCUT2D eigenvalue weighted by Gasteiger charge is -2.61. The first-order valence-electron chi connectivity index (χ1n) is 8.65. The number of Topliss-reactive ketones (excluding diaryl/α,β-unsaturated/α-hetero) is 1. The van der Waals surface area contributed by atoms with Gasteiger partial charge in [0.05, 0.1) is 6.10 Å². The number of aliphatic hydroxyl groups excluding tert-OH is 1. The van der Waals surface area contributed by atoms with Gasteiger partial charge in [0.2, 0.25) is 0 Å². The van der Waals surface area contributed by atoms with Crippen molar-refractivity contribution in [1.82, 2.24) is 0 Å². The number of benzene rings is 1. The third-order valence-electron chi connectivity index (χ3n) is 7.91. The van der Waals surface area contributed by atoms with Gasteiger partial charge < -0.3 is 5.11 Å². The SMILES string of the molecule is CC1(C)[C@@H]2C[C@H]1C(=O)c1c2ccc2c1[C@H](O)[C@@H]1C[C@H]2C1(C)C. The molecule has 4 bridgehead atoms. The second-order valence-electron chi connectivity index (χ2n) is 9.22. The van der Waals surface area contributed by atoms with Crippen molar-refractivity contribution in [2.24, 2.45) is 22.7 Å². The van der Waals surface area contributed by atoms with Gasteiger partial charge in [0.15, 0.2) is 5.78 Å². The zero-order valence-electron chi connectivity index (χ0n) is 13.8. The number of carbonyl (C=O) groups is 1. The van der Waals surface area contributed by atoms with E-state index in [1.807, 2.05) is 0 Å². The second-order valence-corrected chi connectivity index (χ2v) is 9.22. The molecule has 0 aromatic heterocycles. The van der Waals surface area contributed by atoms with Gasteiger partial charge in [-0.1, -0.05) is 39.8 Å². The zero-order valence-corrected chi connectivity index (χ0v) is 13.8. The van der Waals surface area contributed by atoms with Crippen molar-refractivity contribution < 1.29 is 9.90 Å². The Hall–Kier alpha value is -1.15. The van der Waals surface area contributed by atoms with Crippen LogP contribution in [0.4, 0.5) is 0 Å². The molecule has 0 heterocycles. The van der Waals surface area contributed by atoms with Crippen LogP contribution in [0.25, 0.3) is 0 Å². The van der Waals surface area contributed by atoms with E-state index < -0.39 is 6.10 Å². The van der Waals surface area contributed by atoms with E-state index in [0.717, 1.165) is 24.0 Å². The molecular formula is C20H24O2. The lowest BCUT2D eigenvalue weighted by molar-refractivity contribution is -0.0821. The minimum atomic E-state index is -0.450. The molecule has 0 aliphatic heterocycles. The molecule has 1 aromatic rings. The fraction of sp³-hybridized carbons (Fsp3) is 0.650. The second kappa shape index (κ2) is 3.51. The molecule has 2 nitrogen and oxygen atoms in total. The van der Waals surface area contributed by atoms with Gasteiger partial charge in [0.25, 0.3) is 0 Å². The van der Waals surface area contributed by atoms with E-state index in [-0.39, 0.29) is 16.7 Å². The quantitative estimate of drug-likeness (QED) is 0.779. The Morgan fingerprint density at radius 1 is 0.955 bits per heavy atom. The molecule has 2 heteroatoms. The summed E-state index contributed by atoms with van der Waals surface area (Å²) in [5, 5.41) is 11.0. The molecule has 6 aliphatic rings. The van der Waals surface area contributed by atoms with E-state index in [9.17, 15) is 9.90 Å². The summed E-state index contributed by atoms with van der Waals surface area (Å²) in [5.41, 5.74) is 4.66. The number of aliphatic hydroxyl groups is 1. The van der Waals surface area contributed by atoms with Crippen molar-refractivity contribution in [1.29, 1.82) is 0 Å². The van der Waals surface area contributed by atoms with E-state index >= 15 is 0 Å². The zero-order chi connectivity index (χ0) is 15.6. The van der Waals surface area contributed by atoms with Gasteiger partial charge in [-0.15, -0.1) is 0 Å². The van der Waals surface area contributed by atoms with Crippen LogP contribution in [0.3, 0.4) is 0 Å². The smallest absolute Gasteiger partial charge is 0.167 e. The molecular weight excluding hydrogens is 272 g/mol. The fourth-order valence-electron chi connectivity index (χ4n) is 6.14. The van der Waals surface area contributed by atoms with E-state index in [0.29, 0.717) is 23.5 Å². The lowest BCUT2D eigenvalue weighted by Crippen LogP contribution is -2.55. The van der Waals surface area contributed by atoms with Gasteiger partial charge in [0, 0.05) is 11.5 Å². The van der Waals surface area contributed by atoms with Gasteiger partial charge in [-0.25, -0.2) is 0 Å². The van der Waals surface area contributed by atoms with Gasteiger partial charge in [-0.3, -0.25) is 4.79 Å². The van der Waals surface area contributed by atoms with Crippen molar-refractivity contribution >= 4 is 5.78 Å². The largest absolute Gasteiger partial charge is 0.388 e. The highest BCUT2D eigenvalue weighted by Crippen LogP contribution is 2.69. The maximum absolute atomic E-state index is 13.1. The first-order valence-corrected chi connectivity index (χ1v) is 8.65.